The molecule has 0 atom stereocenters. The second-order valence-electron chi connectivity index (χ2n) is 6.38. The van der Waals surface area contributed by atoms with Crippen LogP contribution in [-0.2, 0) is 6.54 Å². The van der Waals surface area contributed by atoms with Gasteiger partial charge in [0.25, 0.3) is 0 Å². The average molecular weight is 338 g/mol. The molecule has 0 amide bonds. The van der Waals surface area contributed by atoms with E-state index in [0.29, 0.717) is 5.92 Å². The molecule has 4 rings (SSSR count). The van der Waals surface area contributed by atoms with E-state index in [-0.39, 0.29) is 0 Å². The number of methoxy groups -OCH3 is 1. The largest absolute Gasteiger partial charge is 0.496 e. The van der Waals surface area contributed by atoms with Crippen LogP contribution < -0.4 is 4.74 Å². The van der Waals surface area contributed by atoms with Crippen LogP contribution in [0.2, 0.25) is 0 Å². The molecule has 1 aliphatic rings. The topological polar surface area (TPSA) is 25.4 Å². The molecule has 0 spiro atoms. The van der Waals surface area contributed by atoms with Crippen LogP contribution >= 0.6 is 11.3 Å². The minimum Gasteiger partial charge on any atom is -0.496 e. The lowest BCUT2D eigenvalue weighted by Crippen LogP contribution is -2.32. The summed E-state index contributed by atoms with van der Waals surface area (Å²) in [5.74, 6) is 1.60. The number of para-hydroxylation sites is 2. The Kier molecular flexibility index (Phi) is 4.50. The Bertz CT molecular complexity index is 788. The number of hydrogen-bond acceptors (Lipinski definition) is 4. The van der Waals surface area contributed by atoms with Gasteiger partial charge >= 0.3 is 0 Å². The number of fused-ring (bicyclic) bond motifs is 1. The summed E-state index contributed by atoms with van der Waals surface area (Å²) in [6.07, 6.45) is 2.38. The third-order valence-corrected chi connectivity index (χ3v) is 6.03. The Morgan fingerprint density at radius 3 is 2.62 bits per heavy atom. The summed E-state index contributed by atoms with van der Waals surface area (Å²) in [6.45, 7) is 3.22. The number of hydrogen-bond donors (Lipinski definition) is 0. The van der Waals surface area contributed by atoms with Crippen LogP contribution in [0.4, 0.5) is 0 Å². The Morgan fingerprint density at radius 1 is 1.08 bits per heavy atom. The highest BCUT2D eigenvalue weighted by Crippen LogP contribution is 2.34. The number of likely N-dealkylation sites (tertiary alicyclic amines) is 1. The summed E-state index contributed by atoms with van der Waals surface area (Å²) in [7, 11) is 1.75. The summed E-state index contributed by atoms with van der Waals surface area (Å²) >= 11 is 1.87. The van der Waals surface area contributed by atoms with E-state index >= 15 is 0 Å². The highest BCUT2D eigenvalue weighted by Gasteiger charge is 2.23. The van der Waals surface area contributed by atoms with E-state index < -0.39 is 0 Å². The molecular weight excluding hydrogens is 316 g/mol. The van der Waals surface area contributed by atoms with Gasteiger partial charge in [-0.1, -0.05) is 30.3 Å². The van der Waals surface area contributed by atoms with Gasteiger partial charge in [-0.2, -0.15) is 0 Å². The summed E-state index contributed by atoms with van der Waals surface area (Å²) in [5, 5.41) is 1.31. The van der Waals surface area contributed by atoms with Crippen molar-refractivity contribution in [2.75, 3.05) is 20.2 Å². The van der Waals surface area contributed by atoms with Gasteiger partial charge in [-0.05, 0) is 44.1 Å². The molecule has 1 aromatic heterocycles. The van der Waals surface area contributed by atoms with Gasteiger partial charge in [0, 0.05) is 18.0 Å². The molecule has 0 unspecified atom stereocenters. The van der Waals surface area contributed by atoms with Crippen LogP contribution in [0, 0.1) is 0 Å². The van der Waals surface area contributed by atoms with Gasteiger partial charge in [0.05, 0.1) is 22.3 Å². The van der Waals surface area contributed by atoms with E-state index in [0.717, 1.165) is 30.9 Å². The first-order chi connectivity index (χ1) is 11.8. The van der Waals surface area contributed by atoms with Gasteiger partial charge in [-0.25, -0.2) is 4.98 Å². The monoisotopic (exact) mass is 338 g/mol. The number of thiazole rings is 1. The summed E-state index contributed by atoms with van der Waals surface area (Å²) in [6, 6.07) is 16.8. The lowest BCUT2D eigenvalue weighted by molar-refractivity contribution is 0.202. The van der Waals surface area contributed by atoms with Gasteiger partial charge in [-0.15, -0.1) is 11.3 Å². The molecule has 3 aromatic rings. The van der Waals surface area contributed by atoms with Gasteiger partial charge in [0.15, 0.2) is 0 Å². The second-order valence-corrected chi connectivity index (χ2v) is 7.44. The fourth-order valence-electron chi connectivity index (χ4n) is 3.48. The molecule has 0 aliphatic carbocycles. The summed E-state index contributed by atoms with van der Waals surface area (Å²) < 4.78 is 6.79. The van der Waals surface area contributed by atoms with E-state index in [1.165, 1.54) is 28.1 Å². The van der Waals surface area contributed by atoms with Crippen molar-refractivity contribution in [3.63, 3.8) is 0 Å². The van der Waals surface area contributed by atoms with Crippen molar-refractivity contribution in [2.24, 2.45) is 0 Å². The minimum atomic E-state index is 0.608. The molecule has 4 heteroatoms. The molecule has 0 saturated carbocycles. The number of ether oxygens (including phenoxy) is 1. The van der Waals surface area contributed by atoms with E-state index in [4.69, 9.17) is 9.72 Å². The maximum absolute atomic E-state index is 5.48. The second kappa shape index (κ2) is 6.91. The molecule has 0 radical (unpaired) electrons. The number of benzene rings is 2. The molecule has 0 bridgehead atoms. The average Bonchev–Trinajstić information content (AvgIpc) is 3.07. The summed E-state index contributed by atoms with van der Waals surface area (Å²) in [4.78, 5) is 7.38. The van der Waals surface area contributed by atoms with Crippen LogP contribution in [0.15, 0.2) is 48.5 Å². The predicted molar refractivity (Wildman–Crippen MR) is 99.9 cm³/mol. The van der Waals surface area contributed by atoms with Gasteiger partial charge in [-0.3, -0.25) is 4.90 Å². The molecule has 124 valence electrons. The van der Waals surface area contributed by atoms with E-state index in [9.17, 15) is 0 Å². The van der Waals surface area contributed by atoms with Crippen LogP contribution in [0.5, 0.6) is 5.75 Å². The van der Waals surface area contributed by atoms with Gasteiger partial charge in [0.2, 0.25) is 0 Å². The molecule has 1 fully saturated rings. The number of nitrogens with zero attached hydrogens (tertiary/aromatic N) is 2. The first-order valence-corrected chi connectivity index (χ1v) is 9.35. The summed E-state index contributed by atoms with van der Waals surface area (Å²) in [5.41, 5.74) is 2.42. The molecule has 0 N–H and O–H groups in total. The zero-order chi connectivity index (χ0) is 16.4. The van der Waals surface area contributed by atoms with Gasteiger partial charge in [0.1, 0.15) is 5.75 Å². The first-order valence-electron chi connectivity index (χ1n) is 8.53. The standard InChI is InChI=1S/C20H22N2OS/c1-23-18-8-4-2-6-16(18)14-22-12-10-15(11-13-22)20-21-17-7-3-5-9-19(17)24-20/h2-9,15H,10-14H2,1H3. The van der Waals surface area contributed by atoms with Crippen LogP contribution in [0.25, 0.3) is 10.2 Å². The maximum atomic E-state index is 5.48. The molecular formula is C20H22N2OS. The molecule has 1 saturated heterocycles. The van der Waals surface area contributed by atoms with Gasteiger partial charge < -0.3 is 4.74 Å². The van der Waals surface area contributed by atoms with Crippen molar-refractivity contribution in [3.05, 3.63) is 59.1 Å². The number of piperidine rings is 1. The van der Waals surface area contributed by atoms with E-state index in [1.54, 1.807) is 7.11 Å². The molecule has 1 aliphatic heterocycles. The van der Waals surface area contributed by atoms with Crippen molar-refractivity contribution in [2.45, 2.75) is 25.3 Å². The van der Waals surface area contributed by atoms with Crippen molar-refractivity contribution >= 4 is 21.6 Å². The van der Waals surface area contributed by atoms with Crippen molar-refractivity contribution < 1.29 is 4.74 Å². The van der Waals surface area contributed by atoms with E-state index in [2.05, 4.69) is 41.3 Å². The highest BCUT2D eigenvalue weighted by atomic mass is 32.1. The fraction of sp³-hybridized carbons (Fsp3) is 0.350. The SMILES string of the molecule is COc1ccccc1CN1CCC(c2nc3ccccc3s2)CC1. The Balaban J connectivity index is 1.41. The number of rotatable bonds is 4. The van der Waals surface area contributed by atoms with E-state index in [1.807, 2.05) is 23.5 Å². The smallest absolute Gasteiger partial charge is 0.123 e. The molecule has 2 heterocycles. The molecule has 3 nitrogen and oxygen atoms in total. The minimum absolute atomic E-state index is 0.608. The Morgan fingerprint density at radius 2 is 1.83 bits per heavy atom. The van der Waals surface area contributed by atoms with Crippen molar-refractivity contribution in [1.82, 2.24) is 9.88 Å². The quantitative estimate of drug-likeness (QED) is 0.690. The van der Waals surface area contributed by atoms with Crippen molar-refractivity contribution in [1.29, 1.82) is 0 Å². The normalized spacial score (nSPS) is 16.5. The fourth-order valence-corrected chi connectivity index (χ4v) is 4.61. The van der Waals surface area contributed by atoms with Crippen molar-refractivity contribution in [3.8, 4) is 5.75 Å². The third-order valence-electron chi connectivity index (χ3n) is 4.83. The molecule has 2 aromatic carbocycles. The van der Waals surface area contributed by atoms with Crippen LogP contribution in [0.1, 0.15) is 29.3 Å². The Hall–Kier alpha value is -1.91. The lowest BCUT2D eigenvalue weighted by Gasteiger charge is -2.31. The Labute approximate surface area is 146 Å². The zero-order valence-corrected chi connectivity index (χ0v) is 14.8. The number of aromatic nitrogens is 1. The first kappa shape index (κ1) is 15.6. The lowest BCUT2D eigenvalue weighted by atomic mass is 9.97. The zero-order valence-electron chi connectivity index (χ0n) is 13.9. The third kappa shape index (κ3) is 3.17. The van der Waals surface area contributed by atoms with Crippen LogP contribution in [0.3, 0.4) is 0 Å². The molecule has 24 heavy (non-hydrogen) atoms. The predicted octanol–water partition coefficient (Wildman–Crippen LogP) is 4.68. The maximum Gasteiger partial charge on any atom is 0.123 e. The highest BCUT2D eigenvalue weighted by molar-refractivity contribution is 7.18. The van der Waals surface area contributed by atoms with Crippen LogP contribution in [-0.4, -0.2) is 30.1 Å².